The van der Waals surface area contributed by atoms with Crippen LogP contribution in [0.4, 0.5) is 5.69 Å². The van der Waals surface area contributed by atoms with E-state index in [0.29, 0.717) is 19.4 Å². The molecule has 0 radical (unpaired) electrons. The van der Waals surface area contributed by atoms with Crippen LogP contribution in [-0.2, 0) is 27.1 Å². The molecule has 156 valence electrons. The van der Waals surface area contributed by atoms with E-state index in [0.717, 1.165) is 38.2 Å². The summed E-state index contributed by atoms with van der Waals surface area (Å²) in [5, 5.41) is 3.40. The molecule has 1 fully saturated rings. The lowest BCUT2D eigenvalue weighted by atomic mass is 10.0. The van der Waals surface area contributed by atoms with E-state index in [1.807, 2.05) is 30.3 Å². The Bertz CT molecular complexity index is 773. The SMILES string of the molecule is CCc1cc(CCC(=O)OC(COC)c2ccccc2)ccc1N1CCNCC1. The average Bonchev–Trinajstić information content (AvgIpc) is 2.78. The molecule has 1 unspecified atom stereocenters. The first-order chi connectivity index (χ1) is 14.2. The zero-order chi connectivity index (χ0) is 20.5. The summed E-state index contributed by atoms with van der Waals surface area (Å²) in [6.45, 7) is 6.68. The van der Waals surface area contributed by atoms with Crippen molar-refractivity contribution < 1.29 is 14.3 Å². The second-order valence-electron chi connectivity index (χ2n) is 7.40. The monoisotopic (exact) mass is 396 g/mol. The van der Waals surface area contributed by atoms with Crippen LogP contribution in [0.25, 0.3) is 0 Å². The van der Waals surface area contributed by atoms with E-state index >= 15 is 0 Å². The molecule has 5 heteroatoms. The van der Waals surface area contributed by atoms with Crippen molar-refractivity contribution in [1.29, 1.82) is 0 Å². The maximum absolute atomic E-state index is 12.5. The van der Waals surface area contributed by atoms with Crippen LogP contribution in [0, 0.1) is 0 Å². The lowest BCUT2D eigenvalue weighted by Gasteiger charge is -2.31. The van der Waals surface area contributed by atoms with Crippen molar-refractivity contribution >= 4 is 11.7 Å². The zero-order valence-electron chi connectivity index (χ0n) is 17.5. The number of hydrogen-bond donors (Lipinski definition) is 1. The molecule has 0 saturated carbocycles. The van der Waals surface area contributed by atoms with Crippen LogP contribution in [-0.4, -0.2) is 45.9 Å². The zero-order valence-corrected chi connectivity index (χ0v) is 17.5. The Kier molecular flexibility index (Phi) is 8.08. The summed E-state index contributed by atoms with van der Waals surface area (Å²) < 4.78 is 10.9. The number of piperazine rings is 1. The number of carbonyl (C=O) groups excluding carboxylic acids is 1. The Morgan fingerprint density at radius 3 is 2.59 bits per heavy atom. The van der Waals surface area contributed by atoms with E-state index < -0.39 is 0 Å². The van der Waals surface area contributed by atoms with E-state index in [1.165, 1.54) is 16.8 Å². The minimum absolute atomic E-state index is 0.194. The predicted molar refractivity (Wildman–Crippen MR) is 116 cm³/mol. The smallest absolute Gasteiger partial charge is 0.306 e. The van der Waals surface area contributed by atoms with Gasteiger partial charge in [0.2, 0.25) is 0 Å². The molecule has 0 aromatic heterocycles. The summed E-state index contributed by atoms with van der Waals surface area (Å²) >= 11 is 0. The quantitative estimate of drug-likeness (QED) is 0.657. The molecule has 0 amide bonds. The lowest BCUT2D eigenvalue weighted by Crippen LogP contribution is -2.43. The normalized spacial score (nSPS) is 15.2. The van der Waals surface area contributed by atoms with Crippen molar-refractivity contribution in [2.45, 2.75) is 32.3 Å². The highest BCUT2D eigenvalue weighted by molar-refractivity contribution is 5.70. The molecule has 3 rings (SSSR count). The Hall–Kier alpha value is -2.37. The Morgan fingerprint density at radius 2 is 1.90 bits per heavy atom. The minimum Gasteiger partial charge on any atom is -0.455 e. The number of ether oxygens (including phenoxy) is 2. The van der Waals surface area contributed by atoms with Crippen molar-refractivity contribution in [3.8, 4) is 0 Å². The van der Waals surface area contributed by atoms with Crippen LogP contribution in [0.15, 0.2) is 48.5 Å². The number of nitrogens with zero attached hydrogens (tertiary/aromatic N) is 1. The molecule has 1 heterocycles. The Labute approximate surface area is 174 Å². The van der Waals surface area contributed by atoms with Gasteiger partial charge in [0.15, 0.2) is 6.10 Å². The first-order valence-electron chi connectivity index (χ1n) is 10.5. The van der Waals surface area contributed by atoms with Crippen molar-refractivity contribution in [1.82, 2.24) is 5.32 Å². The van der Waals surface area contributed by atoms with Crippen LogP contribution >= 0.6 is 0 Å². The van der Waals surface area contributed by atoms with Gasteiger partial charge in [-0.3, -0.25) is 4.79 Å². The Morgan fingerprint density at radius 1 is 1.14 bits per heavy atom. The summed E-state index contributed by atoms with van der Waals surface area (Å²) in [7, 11) is 1.62. The Balaban J connectivity index is 1.59. The highest BCUT2D eigenvalue weighted by atomic mass is 16.6. The van der Waals surface area contributed by atoms with Crippen molar-refractivity contribution in [3.05, 3.63) is 65.2 Å². The van der Waals surface area contributed by atoms with Crippen LogP contribution < -0.4 is 10.2 Å². The molecule has 1 aliphatic heterocycles. The third kappa shape index (κ3) is 6.05. The highest BCUT2D eigenvalue weighted by Crippen LogP contribution is 2.24. The van der Waals surface area contributed by atoms with Crippen LogP contribution in [0.2, 0.25) is 0 Å². The van der Waals surface area contributed by atoms with Gasteiger partial charge in [0.1, 0.15) is 0 Å². The maximum Gasteiger partial charge on any atom is 0.306 e. The van der Waals surface area contributed by atoms with Crippen LogP contribution in [0.5, 0.6) is 0 Å². The van der Waals surface area contributed by atoms with Gasteiger partial charge in [-0.05, 0) is 35.6 Å². The summed E-state index contributed by atoms with van der Waals surface area (Å²) in [6.07, 6.45) is 1.67. The third-order valence-corrected chi connectivity index (χ3v) is 5.36. The van der Waals surface area contributed by atoms with Crippen molar-refractivity contribution in [2.24, 2.45) is 0 Å². The number of methoxy groups -OCH3 is 1. The molecule has 2 aromatic carbocycles. The fraction of sp³-hybridized carbons (Fsp3) is 0.458. The minimum atomic E-state index is -0.366. The van der Waals surface area contributed by atoms with E-state index in [9.17, 15) is 4.79 Å². The number of aryl methyl sites for hydroxylation is 2. The summed E-state index contributed by atoms with van der Waals surface area (Å²) in [5.74, 6) is -0.194. The number of hydrogen-bond acceptors (Lipinski definition) is 5. The predicted octanol–water partition coefficient (Wildman–Crippen LogP) is 3.52. The third-order valence-electron chi connectivity index (χ3n) is 5.36. The lowest BCUT2D eigenvalue weighted by molar-refractivity contribution is -0.152. The molecule has 0 spiro atoms. The van der Waals surface area contributed by atoms with E-state index in [2.05, 4.69) is 35.3 Å². The van der Waals surface area contributed by atoms with Gasteiger partial charge in [-0.1, -0.05) is 49.4 Å². The fourth-order valence-corrected chi connectivity index (χ4v) is 3.77. The summed E-state index contributed by atoms with van der Waals surface area (Å²) in [4.78, 5) is 14.9. The van der Waals surface area contributed by atoms with E-state index in [4.69, 9.17) is 9.47 Å². The van der Waals surface area contributed by atoms with Crippen molar-refractivity contribution in [2.75, 3.05) is 44.8 Å². The topological polar surface area (TPSA) is 50.8 Å². The first kappa shape index (κ1) is 21.3. The molecular formula is C24H32N2O3. The van der Waals surface area contributed by atoms with Crippen LogP contribution in [0.1, 0.15) is 36.1 Å². The molecule has 5 nitrogen and oxygen atoms in total. The van der Waals surface area contributed by atoms with Crippen molar-refractivity contribution in [3.63, 3.8) is 0 Å². The second kappa shape index (κ2) is 11.0. The summed E-state index contributed by atoms with van der Waals surface area (Å²) in [6, 6.07) is 16.4. The number of carbonyl (C=O) groups is 1. The molecule has 1 aliphatic rings. The molecule has 2 aromatic rings. The maximum atomic E-state index is 12.5. The number of esters is 1. The number of anilines is 1. The number of benzene rings is 2. The van der Waals surface area contributed by atoms with Gasteiger partial charge in [-0.2, -0.15) is 0 Å². The van der Waals surface area contributed by atoms with Gasteiger partial charge < -0.3 is 19.7 Å². The van der Waals surface area contributed by atoms with E-state index in [-0.39, 0.29) is 12.1 Å². The van der Waals surface area contributed by atoms with Gasteiger partial charge in [0.05, 0.1) is 6.61 Å². The van der Waals surface area contributed by atoms with E-state index in [1.54, 1.807) is 7.11 Å². The highest BCUT2D eigenvalue weighted by Gasteiger charge is 2.17. The van der Waals surface area contributed by atoms with Gasteiger partial charge in [0.25, 0.3) is 0 Å². The van der Waals surface area contributed by atoms with Gasteiger partial charge >= 0.3 is 5.97 Å². The molecule has 1 N–H and O–H groups in total. The molecule has 0 bridgehead atoms. The fourth-order valence-electron chi connectivity index (χ4n) is 3.77. The molecular weight excluding hydrogens is 364 g/mol. The van der Waals surface area contributed by atoms with Crippen LogP contribution in [0.3, 0.4) is 0 Å². The first-order valence-corrected chi connectivity index (χ1v) is 10.5. The van der Waals surface area contributed by atoms with Gasteiger partial charge in [0, 0.05) is 45.4 Å². The molecule has 1 saturated heterocycles. The largest absolute Gasteiger partial charge is 0.455 e. The standard InChI is InChI=1S/C24H32N2O3/c1-3-20-17-19(9-11-22(20)26-15-13-25-14-16-26)10-12-24(27)29-23(18-28-2)21-7-5-4-6-8-21/h4-9,11,17,23,25H,3,10,12-16,18H2,1-2H3. The number of rotatable bonds is 9. The molecule has 1 atom stereocenters. The number of nitrogens with one attached hydrogen (secondary N) is 1. The summed E-state index contributed by atoms with van der Waals surface area (Å²) in [5.41, 5.74) is 4.81. The average molecular weight is 397 g/mol. The molecule has 29 heavy (non-hydrogen) atoms. The molecule has 0 aliphatic carbocycles. The second-order valence-corrected chi connectivity index (χ2v) is 7.40. The van der Waals surface area contributed by atoms with Gasteiger partial charge in [-0.25, -0.2) is 0 Å². The van der Waals surface area contributed by atoms with Gasteiger partial charge in [-0.15, -0.1) is 0 Å².